The maximum Gasteiger partial charge on any atom is 0.239 e. The molecule has 3 N–H and O–H groups in total. The summed E-state index contributed by atoms with van der Waals surface area (Å²) in [5.41, 5.74) is 0.874. The van der Waals surface area contributed by atoms with E-state index in [1.54, 1.807) is 0 Å². The Labute approximate surface area is 129 Å². The van der Waals surface area contributed by atoms with Crippen molar-refractivity contribution in [2.24, 2.45) is 5.92 Å². The van der Waals surface area contributed by atoms with Crippen LogP contribution in [0.15, 0.2) is 18.2 Å². The van der Waals surface area contributed by atoms with E-state index in [9.17, 15) is 14.0 Å². The molecule has 0 spiro atoms. The number of hydrogen-bond acceptors (Lipinski definition) is 3. The first-order valence-corrected chi connectivity index (χ1v) is 7.34. The van der Waals surface area contributed by atoms with Gasteiger partial charge in [0.15, 0.2) is 0 Å². The van der Waals surface area contributed by atoms with Gasteiger partial charge >= 0.3 is 0 Å². The first-order chi connectivity index (χ1) is 10.4. The predicted molar refractivity (Wildman–Crippen MR) is 81.3 cm³/mol. The summed E-state index contributed by atoms with van der Waals surface area (Å²) >= 11 is 0. The second kappa shape index (κ2) is 9.15. The number of aliphatic hydroxyl groups excluding tert-OH is 1. The van der Waals surface area contributed by atoms with Gasteiger partial charge in [-0.1, -0.05) is 19.9 Å². The van der Waals surface area contributed by atoms with Gasteiger partial charge in [-0.15, -0.1) is 0 Å². The molecule has 0 aromatic heterocycles. The highest BCUT2D eigenvalue weighted by Crippen LogP contribution is 2.10. The van der Waals surface area contributed by atoms with E-state index in [0.29, 0.717) is 17.9 Å². The van der Waals surface area contributed by atoms with Crippen molar-refractivity contribution < 1.29 is 19.1 Å². The van der Waals surface area contributed by atoms with Crippen LogP contribution in [-0.4, -0.2) is 23.5 Å². The highest BCUT2D eigenvalue weighted by atomic mass is 19.1. The highest BCUT2D eigenvalue weighted by molar-refractivity contribution is 5.84. The molecule has 1 aromatic rings. The van der Waals surface area contributed by atoms with Gasteiger partial charge in [-0.05, 0) is 30.0 Å². The third kappa shape index (κ3) is 6.67. The minimum atomic E-state index is -0.477. The Balaban J connectivity index is 2.32. The third-order valence-electron chi connectivity index (χ3n) is 3.17. The Morgan fingerprint density at radius 2 is 1.95 bits per heavy atom. The lowest BCUT2D eigenvalue weighted by Gasteiger charge is -2.09. The van der Waals surface area contributed by atoms with E-state index in [0.717, 1.165) is 6.42 Å². The van der Waals surface area contributed by atoms with Crippen LogP contribution in [0.4, 0.5) is 4.39 Å². The molecule has 0 fully saturated rings. The molecule has 1 aromatic carbocycles. The minimum Gasteiger partial charge on any atom is -0.392 e. The van der Waals surface area contributed by atoms with Crippen LogP contribution in [0, 0.1) is 11.7 Å². The Morgan fingerprint density at radius 1 is 1.23 bits per heavy atom. The molecule has 1 rings (SSSR count). The van der Waals surface area contributed by atoms with Crippen molar-refractivity contribution in [3.63, 3.8) is 0 Å². The molecule has 0 aliphatic heterocycles. The molecule has 0 radical (unpaired) electrons. The molecule has 0 aliphatic rings. The number of carbonyl (C=O) groups excluding carboxylic acids is 2. The molecular weight excluding hydrogens is 287 g/mol. The zero-order valence-corrected chi connectivity index (χ0v) is 13.0. The van der Waals surface area contributed by atoms with E-state index >= 15 is 0 Å². The smallest absolute Gasteiger partial charge is 0.239 e. The lowest BCUT2D eigenvalue weighted by molar-refractivity contribution is -0.126. The average molecular weight is 310 g/mol. The van der Waals surface area contributed by atoms with Gasteiger partial charge in [-0.25, -0.2) is 4.39 Å². The van der Waals surface area contributed by atoms with Gasteiger partial charge in [0.05, 0.1) is 13.2 Å². The number of aliphatic hydroxyl groups is 1. The van der Waals surface area contributed by atoms with Gasteiger partial charge in [0.25, 0.3) is 0 Å². The van der Waals surface area contributed by atoms with Gasteiger partial charge in [-0.2, -0.15) is 0 Å². The highest BCUT2D eigenvalue weighted by Gasteiger charge is 2.07. The Hall–Kier alpha value is -1.95. The molecule has 22 heavy (non-hydrogen) atoms. The molecule has 0 bridgehead atoms. The van der Waals surface area contributed by atoms with Crippen molar-refractivity contribution >= 4 is 11.8 Å². The van der Waals surface area contributed by atoms with Crippen LogP contribution < -0.4 is 10.6 Å². The molecule has 0 aliphatic carbocycles. The Bertz CT molecular complexity index is 518. The number of hydrogen-bond donors (Lipinski definition) is 3. The summed E-state index contributed by atoms with van der Waals surface area (Å²) in [4.78, 5) is 23.1. The maximum absolute atomic E-state index is 13.2. The quantitative estimate of drug-likeness (QED) is 0.680. The van der Waals surface area contributed by atoms with E-state index in [1.165, 1.54) is 18.2 Å². The summed E-state index contributed by atoms with van der Waals surface area (Å²) in [6, 6.07) is 4.29. The topological polar surface area (TPSA) is 78.4 Å². The summed E-state index contributed by atoms with van der Waals surface area (Å²) in [5, 5.41) is 14.2. The van der Waals surface area contributed by atoms with E-state index < -0.39 is 5.82 Å². The molecular formula is C16H23FN2O3. The van der Waals surface area contributed by atoms with Crippen molar-refractivity contribution in [1.82, 2.24) is 10.6 Å². The van der Waals surface area contributed by atoms with Gasteiger partial charge in [0, 0.05) is 18.5 Å². The predicted octanol–water partition coefficient (Wildman–Crippen LogP) is 1.49. The summed E-state index contributed by atoms with van der Waals surface area (Å²) in [6.07, 6.45) is 1.19. The van der Waals surface area contributed by atoms with E-state index in [-0.39, 0.29) is 37.1 Å². The zero-order valence-electron chi connectivity index (χ0n) is 13.0. The molecule has 0 heterocycles. The number of amides is 2. The summed E-state index contributed by atoms with van der Waals surface area (Å²) in [5.74, 6) is -0.491. The second-order valence-corrected chi connectivity index (χ2v) is 5.57. The number of nitrogens with one attached hydrogen (secondary N) is 2. The summed E-state index contributed by atoms with van der Waals surface area (Å²) in [6.45, 7) is 3.81. The maximum atomic E-state index is 13.2. The van der Waals surface area contributed by atoms with Crippen LogP contribution in [0.2, 0.25) is 0 Å². The first-order valence-electron chi connectivity index (χ1n) is 7.34. The molecule has 6 heteroatoms. The standard InChI is InChI=1S/C16H23FN2O3/c1-11(2)3-6-15(21)19-9-16(22)18-8-12-4-5-14(17)13(7-12)10-20/h4-5,7,11,20H,3,6,8-10H2,1-2H3,(H,18,22)(H,19,21). The minimum absolute atomic E-state index is 0.0784. The molecule has 0 atom stereocenters. The largest absolute Gasteiger partial charge is 0.392 e. The van der Waals surface area contributed by atoms with Crippen molar-refractivity contribution in [3.8, 4) is 0 Å². The van der Waals surface area contributed by atoms with Gasteiger partial charge in [0.1, 0.15) is 5.82 Å². The third-order valence-corrected chi connectivity index (χ3v) is 3.17. The van der Waals surface area contributed by atoms with Gasteiger partial charge in [0.2, 0.25) is 11.8 Å². The van der Waals surface area contributed by atoms with Crippen LogP contribution in [0.1, 0.15) is 37.8 Å². The van der Waals surface area contributed by atoms with Crippen molar-refractivity contribution in [3.05, 3.63) is 35.1 Å². The lowest BCUT2D eigenvalue weighted by atomic mass is 10.1. The van der Waals surface area contributed by atoms with E-state index in [1.807, 2.05) is 13.8 Å². The first kappa shape index (κ1) is 18.1. The number of rotatable bonds is 8. The zero-order chi connectivity index (χ0) is 16.5. The van der Waals surface area contributed by atoms with Crippen molar-refractivity contribution in [2.75, 3.05) is 6.54 Å². The molecule has 5 nitrogen and oxygen atoms in total. The summed E-state index contributed by atoms with van der Waals surface area (Å²) < 4.78 is 13.2. The van der Waals surface area contributed by atoms with Crippen LogP contribution in [0.25, 0.3) is 0 Å². The summed E-state index contributed by atoms with van der Waals surface area (Å²) in [7, 11) is 0. The van der Waals surface area contributed by atoms with E-state index in [4.69, 9.17) is 5.11 Å². The normalized spacial score (nSPS) is 10.6. The van der Waals surface area contributed by atoms with Crippen LogP contribution >= 0.6 is 0 Å². The fourth-order valence-corrected chi connectivity index (χ4v) is 1.81. The number of carbonyl (C=O) groups is 2. The Kier molecular flexibility index (Phi) is 7.52. The van der Waals surface area contributed by atoms with Crippen LogP contribution in [0.5, 0.6) is 0 Å². The fraction of sp³-hybridized carbons (Fsp3) is 0.500. The molecule has 0 unspecified atom stereocenters. The van der Waals surface area contributed by atoms with Gasteiger partial charge in [-0.3, -0.25) is 9.59 Å². The van der Waals surface area contributed by atoms with Crippen molar-refractivity contribution in [1.29, 1.82) is 0 Å². The second-order valence-electron chi connectivity index (χ2n) is 5.57. The fourth-order valence-electron chi connectivity index (χ4n) is 1.81. The monoisotopic (exact) mass is 310 g/mol. The van der Waals surface area contributed by atoms with Crippen LogP contribution in [-0.2, 0) is 22.7 Å². The van der Waals surface area contributed by atoms with Crippen LogP contribution in [0.3, 0.4) is 0 Å². The lowest BCUT2D eigenvalue weighted by Crippen LogP contribution is -2.36. The average Bonchev–Trinajstić information content (AvgIpc) is 2.49. The number of halogens is 1. The van der Waals surface area contributed by atoms with Crippen molar-refractivity contribution in [2.45, 2.75) is 39.8 Å². The Morgan fingerprint density at radius 3 is 2.59 bits per heavy atom. The molecule has 122 valence electrons. The molecule has 2 amide bonds. The number of benzene rings is 1. The van der Waals surface area contributed by atoms with E-state index in [2.05, 4.69) is 10.6 Å². The van der Waals surface area contributed by atoms with Gasteiger partial charge < -0.3 is 15.7 Å². The SMILES string of the molecule is CC(C)CCC(=O)NCC(=O)NCc1ccc(F)c(CO)c1. The molecule has 0 saturated carbocycles. The molecule has 0 saturated heterocycles.